The average molecular weight is 295 g/mol. The lowest BCUT2D eigenvalue weighted by molar-refractivity contribution is 0.325. The Kier molecular flexibility index (Phi) is 5.44. The number of thiazole rings is 1. The van der Waals surface area contributed by atoms with Gasteiger partial charge in [0.1, 0.15) is 0 Å². The Balaban J connectivity index is 2.00. The van der Waals surface area contributed by atoms with Gasteiger partial charge in [-0.25, -0.2) is 4.98 Å². The molecule has 0 unspecified atom stereocenters. The molecule has 0 spiro atoms. The Hall–Kier alpha value is -0.610. The average Bonchev–Trinajstić information content (AvgIpc) is 2.64. The summed E-state index contributed by atoms with van der Waals surface area (Å²) in [5, 5.41) is 4.72. The highest BCUT2D eigenvalue weighted by atomic mass is 32.1. The van der Waals surface area contributed by atoms with Crippen LogP contribution in [0.4, 0.5) is 5.13 Å². The van der Waals surface area contributed by atoms with Crippen LogP contribution in [-0.4, -0.2) is 24.6 Å². The molecule has 1 aliphatic rings. The number of aryl methyl sites for hydroxylation is 1. The highest BCUT2D eigenvalue weighted by Crippen LogP contribution is 2.33. The molecule has 1 aromatic heterocycles. The second-order valence-corrected chi connectivity index (χ2v) is 7.75. The molecular weight excluding hydrogens is 266 g/mol. The van der Waals surface area contributed by atoms with Gasteiger partial charge >= 0.3 is 0 Å². The van der Waals surface area contributed by atoms with Gasteiger partial charge < -0.3 is 10.2 Å². The Morgan fingerprint density at radius 3 is 2.85 bits per heavy atom. The zero-order valence-corrected chi connectivity index (χ0v) is 14.3. The lowest BCUT2D eigenvalue weighted by atomic mass is 9.85. The summed E-state index contributed by atoms with van der Waals surface area (Å²) in [6.07, 6.45) is 5.08. The van der Waals surface area contributed by atoms with Crippen molar-refractivity contribution in [1.29, 1.82) is 0 Å². The summed E-state index contributed by atoms with van der Waals surface area (Å²) in [6, 6.07) is 0. The number of nitrogens with zero attached hydrogens (tertiary/aromatic N) is 2. The van der Waals surface area contributed by atoms with Crippen LogP contribution in [0, 0.1) is 12.3 Å². The molecule has 0 radical (unpaired) electrons. The van der Waals surface area contributed by atoms with Gasteiger partial charge in [0.2, 0.25) is 0 Å². The zero-order valence-electron chi connectivity index (χ0n) is 13.5. The standard InChI is InChI=1S/C16H29N3S/c1-5-9-17-12-14-13(2)18-15(20-14)19-10-6-7-16(3,4)8-11-19/h17H,5-12H2,1-4H3. The summed E-state index contributed by atoms with van der Waals surface area (Å²) in [6.45, 7) is 13.5. The molecule has 3 nitrogen and oxygen atoms in total. The summed E-state index contributed by atoms with van der Waals surface area (Å²) >= 11 is 1.88. The van der Waals surface area contributed by atoms with Gasteiger partial charge in [0.05, 0.1) is 5.69 Å². The van der Waals surface area contributed by atoms with Crippen molar-refractivity contribution >= 4 is 16.5 Å². The largest absolute Gasteiger partial charge is 0.348 e. The fraction of sp³-hybridized carbons (Fsp3) is 0.812. The molecule has 0 amide bonds. The first-order valence-corrected chi connectivity index (χ1v) is 8.75. The normalized spacial score (nSPS) is 19.1. The van der Waals surface area contributed by atoms with E-state index in [1.165, 1.54) is 41.4 Å². The fourth-order valence-corrected chi connectivity index (χ4v) is 3.79. The molecule has 0 saturated carbocycles. The van der Waals surface area contributed by atoms with Crippen molar-refractivity contribution in [3.8, 4) is 0 Å². The van der Waals surface area contributed by atoms with Crippen molar-refractivity contribution in [2.75, 3.05) is 24.5 Å². The highest BCUT2D eigenvalue weighted by molar-refractivity contribution is 7.15. The molecule has 1 aliphatic heterocycles. The first-order chi connectivity index (χ1) is 9.52. The molecule has 20 heavy (non-hydrogen) atoms. The summed E-state index contributed by atoms with van der Waals surface area (Å²) in [5.41, 5.74) is 1.70. The van der Waals surface area contributed by atoms with E-state index in [2.05, 4.69) is 37.9 Å². The van der Waals surface area contributed by atoms with Crippen LogP contribution >= 0.6 is 11.3 Å². The minimum Gasteiger partial charge on any atom is -0.348 e. The third-order valence-electron chi connectivity index (χ3n) is 4.20. The maximum atomic E-state index is 4.81. The third-order valence-corrected chi connectivity index (χ3v) is 5.42. The van der Waals surface area contributed by atoms with Gasteiger partial charge in [-0.15, -0.1) is 11.3 Å². The number of anilines is 1. The van der Waals surface area contributed by atoms with Crippen LogP contribution in [-0.2, 0) is 6.54 Å². The van der Waals surface area contributed by atoms with Crippen LogP contribution in [0.1, 0.15) is 57.0 Å². The summed E-state index contributed by atoms with van der Waals surface area (Å²) in [4.78, 5) is 8.70. The molecule has 0 atom stereocenters. The first kappa shape index (κ1) is 15.8. The summed E-state index contributed by atoms with van der Waals surface area (Å²) < 4.78 is 0. The van der Waals surface area contributed by atoms with Gasteiger partial charge in [-0.05, 0) is 44.6 Å². The summed E-state index contributed by atoms with van der Waals surface area (Å²) in [5.74, 6) is 0. The van der Waals surface area contributed by atoms with Gasteiger partial charge in [0.15, 0.2) is 5.13 Å². The molecule has 0 aliphatic carbocycles. The fourth-order valence-electron chi connectivity index (χ4n) is 2.70. The van der Waals surface area contributed by atoms with E-state index in [0.29, 0.717) is 5.41 Å². The monoisotopic (exact) mass is 295 g/mol. The van der Waals surface area contributed by atoms with E-state index < -0.39 is 0 Å². The Morgan fingerprint density at radius 1 is 1.30 bits per heavy atom. The van der Waals surface area contributed by atoms with E-state index in [4.69, 9.17) is 4.98 Å². The lowest BCUT2D eigenvalue weighted by Crippen LogP contribution is -2.24. The zero-order chi connectivity index (χ0) is 14.6. The molecule has 0 bridgehead atoms. The molecule has 1 fully saturated rings. The second-order valence-electron chi connectivity index (χ2n) is 6.69. The van der Waals surface area contributed by atoms with Crippen molar-refractivity contribution in [2.24, 2.45) is 5.41 Å². The summed E-state index contributed by atoms with van der Waals surface area (Å²) in [7, 11) is 0. The molecule has 1 aromatic rings. The minimum absolute atomic E-state index is 0.493. The smallest absolute Gasteiger partial charge is 0.185 e. The van der Waals surface area contributed by atoms with Gasteiger partial charge in [-0.1, -0.05) is 20.8 Å². The Morgan fingerprint density at radius 2 is 2.10 bits per heavy atom. The van der Waals surface area contributed by atoms with Crippen molar-refractivity contribution in [3.05, 3.63) is 10.6 Å². The van der Waals surface area contributed by atoms with Gasteiger partial charge in [0, 0.05) is 24.5 Å². The van der Waals surface area contributed by atoms with Crippen LogP contribution in [0.5, 0.6) is 0 Å². The van der Waals surface area contributed by atoms with E-state index in [0.717, 1.165) is 26.2 Å². The van der Waals surface area contributed by atoms with E-state index >= 15 is 0 Å². The molecule has 4 heteroatoms. The van der Waals surface area contributed by atoms with Crippen molar-refractivity contribution in [1.82, 2.24) is 10.3 Å². The SMILES string of the molecule is CCCNCc1sc(N2CCCC(C)(C)CC2)nc1C. The number of aromatic nitrogens is 1. The quantitative estimate of drug-likeness (QED) is 0.833. The molecule has 1 saturated heterocycles. The third kappa shape index (κ3) is 4.19. The molecule has 114 valence electrons. The lowest BCUT2D eigenvalue weighted by Gasteiger charge is -2.22. The molecule has 2 rings (SSSR count). The van der Waals surface area contributed by atoms with E-state index in [1.54, 1.807) is 0 Å². The van der Waals surface area contributed by atoms with E-state index in [9.17, 15) is 0 Å². The topological polar surface area (TPSA) is 28.2 Å². The number of nitrogens with one attached hydrogen (secondary N) is 1. The molecular formula is C16H29N3S. The predicted molar refractivity (Wildman–Crippen MR) is 88.7 cm³/mol. The first-order valence-electron chi connectivity index (χ1n) is 7.94. The van der Waals surface area contributed by atoms with Crippen LogP contribution in [0.2, 0.25) is 0 Å². The number of hydrogen-bond acceptors (Lipinski definition) is 4. The second kappa shape index (κ2) is 6.90. The van der Waals surface area contributed by atoms with Crippen molar-refractivity contribution < 1.29 is 0 Å². The van der Waals surface area contributed by atoms with Gasteiger partial charge in [-0.3, -0.25) is 0 Å². The Bertz CT molecular complexity index is 425. The van der Waals surface area contributed by atoms with Crippen LogP contribution in [0.3, 0.4) is 0 Å². The van der Waals surface area contributed by atoms with Crippen molar-refractivity contribution in [3.63, 3.8) is 0 Å². The minimum atomic E-state index is 0.493. The maximum absolute atomic E-state index is 4.81. The molecule has 2 heterocycles. The maximum Gasteiger partial charge on any atom is 0.185 e. The number of hydrogen-bond donors (Lipinski definition) is 1. The van der Waals surface area contributed by atoms with Gasteiger partial charge in [-0.2, -0.15) is 0 Å². The molecule has 0 aromatic carbocycles. The van der Waals surface area contributed by atoms with Crippen LogP contribution in [0.25, 0.3) is 0 Å². The molecule has 1 N–H and O–H groups in total. The van der Waals surface area contributed by atoms with Gasteiger partial charge in [0.25, 0.3) is 0 Å². The number of rotatable bonds is 5. The predicted octanol–water partition coefficient (Wildman–Crippen LogP) is 3.97. The van der Waals surface area contributed by atoms with Crippen LogP contribution < -0.4 is 10.2 Å². The van der Waals surface area contributed by atoms with E-state index in [-0.39, 0.29) is 0 Å². The van der Waals surface area contributed by atoms with Crippen LogP contribution in [0.15, 0.2) is 0 Å². The Labute approximate surface area is 127 Å². The van der Waals surface area contributed by atoms with Crippen molar-refractivity contribution in [2.45, 2.75) is 59.9 Å². The van der Waals surface area contributed by atoms with E-state index in [1.807, 2.05) is 11.3 Å². The highest BCUT2D eigenvalue weighted by Gasteiger charge is 2.24.